The predicted molar refractivity (Wildman–Crippen MR) is 40.7 cm³/mol. The van der Waals surface area contributed by atoms with E-state index in [0.717, 1.165) is 11.1 Å². The molecule has 0 aromatic heterocycles. The maximum absolute atomic E-state index is 11.1. The average molecular weight is 148 g/mol. The third-order valence-corrected chi connectivity index (χ3v) is 1.74. The summed E-state index contributed by atoms with van der Waals surface area (Å²) in [6.07, 6.45) is 0. The van der Waals surface area contributed by atoms with Crippen LogP contribution in [0.1, 0.15) is 15.9 Å². The maximum atomic E-state index is 11.1. The predicted octanol–water partition coefficient (Wildman–Crippen LogP) is 0.435. The molecule has 1 aromatic rings. The highest BCUT2D eigenvalue weighted by Gasteiger charge is 2.13. The van der Waals surface area contributed by atoms with Crippen LogP contribution in [0.5, 0.6) is 0 Å². The van der Waals surface area contributed by atoms with Gasteiger partial charge in [-0.25, -0.2) is 5.43 Å². The van der Waals surface area contributed by atoms with Crippen molar-refractivity contribution >= 4 is 5.91 Å². The first kappa shape index (κ1) is 6.37. The number of carbonyl (C=O) groups is 1. The zero-order valence-electron chi connectivity index (χ0n) is 5.92. The number of benzene rings is 1. The molecule has 0 radical (unpaired) electrons. The van der Waals surface area contributed by atoms with Gasteiger partial charge in [-0.05, 0) is 11.6 Å². The topological polar surface area (TPSA) is 41.1 Å². The summed E-state index contributed by atoms with van der Waals surface area (Å²) in [7, 11) is 0. The second kappa shape index (κ2) is 2.36. The number of hydrogen-bond acceptors (Lipinski definition) is 2. The van der Waals surface area contributed by atoms with E-state index in [0.29, 0.717) is 6.54 Å². The van der Waals surface area contributed by atoms with Crippen LogP contribution in [0.15, 0.2) is 24.3 Å². The summed E-state index contributed by atoms with van der Waals surface area (Å²) in [5.41, 5.74) is 7.16. The molecule has 0 fully saturated rings. The van der Waals surface area contributed by atoms with Gasteiger partial charge in [-0.2, -0.15) is 0 Å². The van der Waals surface area contributed by atoms with Gasteiger partial charge in [-0.15, -0.1) is 0 Å². The SMILES string of the molecule is O=C1NNCc2ccccc21. The molecule has 0 aliphatic carbocycles. The van der Waals surface area contributed by atoms with Gasteiger partial charge in [0.1, 0.15) is 0 Å². The summed E-state index contributed by atoms with van der Waals surface area (Å²) >= 11 is 0. The molecule has 0 spiro atoms. The van der Waals surface area contributed by atoms with Crippen LogP contribution in [0.3, 0.4) is 0 Å². The van der Waals surface area contributed by atoms with Crippen LogP contribution in [0, 0.1) is 0 Å². The number of hydrazine groups is 1. The van der Waals surface area contributed by atoms with E-state index in [1.807, 2.05) is 24.3 Å². The Morgan fingerprint density at radius 3 is 2.91 bits per heavy atom. The van der Waals surface area contributed by atoms with Crippen LogP contribution in [-0.4, -0.2) is 5.91 Å². The quantitative estimate of drug-likeness (QED) is 0.560. The minimum atomic E-state index is -0.0492. The van der Waals surface area contributed by atoms with E-state index < -0.39 is 0 Å². The number of rotatable bonds is 0. The second-order valence-corrected chi connectivity index (χ2v) is 2.46. The maximum Gasteiger partial charge on any atom is 0.265 e. The van der Waals surface area contributed by atoms with E-state index in [1.165, 1.54) is 0 Å². The van der Waals surface area contributed by atoms with Crippen LogP contribution in [0.2, 0.25) is 0 Å². The van der Waals surface area contributed by atoms with E-state index in [2.05, 4.69) is 10.9 Å². The van der Waals surface area contributed by atoms with Gasteiger partial charge in [0.25, 0.3) is 5.91 Å². The Bertz CT molecular complexity index is 296. The zero-order chi connectivity index (χ0) is 7.68. The van der Waals surface area contributed by atoms with Crippen LogP contribution in [0.4, 0.5) is 0 Å². The smallest absolute Gasteiger partial charge is 0.265 e. The van der Waals surface area contributed by atoms with Gasteiger partial charge in [0.05, 0.1) is 0 Å². The minimum Gasteiger partial charge on any atom is -0.287 e. The summed E-state index contributed by atoms with van der Waals surface area (Å²) in [6, 6.07) is 7.56. The molecule has 56 valence electrons. The van der Waals surface area contributed by atoms with Crippen molar-refractivity contribution in [1.29, 1.82) is 0 Å². The Balaban J connectivity index is 2.52. The zero-order valence-corrected chi connectivity index (χ0v) is 5.92. The number of fused-ring (bicyclic) bond motifs is 1. The van der Waals surface area contributed by atoms with Crippen LogP contribution < -0.4 is 10.9 Å². The molecular formula is C8H8N2O. The fraction of sp³-hybridized carbons (Fsp3) is 0.125. The number of amides is 1. The van der Waals surface area contributed by atoms with E-state index in [1.54, 1.807) is 0 Å². The first-order chi connectivity index (χ1) is 5.38. The van der Waals surface area contributed by atoms with Crippen molar-refractivity contribution < 1.29 is 4.79 Å². The molecule has 1 heterocycles. The summed E-state index contributed by atoms with van der Waals surface area (Å²) < 4.78 is 0. The molecule has 1 aliphatic rings. The molecule has 2 N–H and O–H groups in total. The van der Waals surface area contributed by atoms with E-state index >= 15 is 0 Å². The lowest BCUT2D eigenvalue weighted by Gasteiger charge is -2.16. The molecule has 1 amide bonds. The van der Waals surface area contributed by atoms with Crippen LogP contribution >= 0.6 is 0 Å². The van der Waals surface area contributed by atoms with Crippen LogP contribution in [0.25, 0.3) is 0 Å². The fourth-order valence-electron chi connectivity index (χ4n) is 1.18. The largest absolute Gasteiger partial charge is 0.287 e. The molecule has 0 bridgehead atoms. The number of carbonyl (C=O) groups excluding carboxylic acids is 1. The summed E-state index contributed by atoms with van der Waals surface area (Å²) in [6.45, 7) is 0.710. The first-order valence-electron chi connectivity index (χ1n) is 3.49. The van der Waals surface area contributed by atoms with Crippen molar-refractivity contribution in [2.45, 2.75) is 6.54 Å². The number of nitrogens with one attached hydrogen (secondary N) is 2. The van der Waals surface area contributed by atoms with E-state index in [-0.39, 0.29) is 5.91 Å². The van der Waals surface area contributed by atoms with Gasteiger partial charge in [0.15, 0.2) is 0 Å². The summed E-state index contributed by atoms with van der Waals surface area (Å²) in [5.74, 6) is -0.0492. The van der Waals surface area contributed by atoms with Crippen molar-refractivity contribution in [2.24, 2.45) is 0 Å². The Morgan fingerprint density at radius 1 is 1.27 bits per heavy atom. The second-order valence-electron chi connectivity index (χ2n) is 2.46. The Labute approximate surface area is 64.4 Å². The van der Waals surface area contributed by atoms with Crippen molar-refractivity contribution in [3.05, 3.63) is 35.4 Å². The van der Waals surface area contributed by atoms with Gasteiger partial charge in [0.2, 0.25) is 0 Å². The Kier molecular flexibility index (Phi) is 1.36. The van der Waals surface area contributed by atoms with Crippen molar-refractivity contribution in [2.75, 3.05) is 0 Å². The fourth-order valence-corrected chi connectivity index (χ4v) is 1.18. The van der Waals surface area contributed by atoms with Gasteiger partial charge in [-0.1, -0.05) is 18.2 Å². The molecule has 1 aromatic carbocycles. The highest BCUT2D eigenvalue weighted by atomic mass is 16.2. The van der Waals surface area contributed by atoms with Crippen LogP contribution in [-0.2, 0) is 6.54 Å². The van der Waals surface area contributed by atoms with Gasteiger partial charge < -0.3 is 0 Å². The van der Waals surface area contributed by atoms with E-state index in [9.17, 15) is 4.79 Å². The first-order valence-corrected chi connectivity index (χ1v) is 3.49. The van der Waals surface area contributed by atoms with Crippen molar-refractivity contribution in [3.63, 3.8) is 0 Å². The molecule has 0 saturated heterocycles. The molecule has 3 nitrogen and oxygen atoms in total. The Morgan fingerprint density at radius 2 is 2.09 bits per heavy atom. The minimum absolute atomic E-state index is 0.0492. The molecule has 3 heteroatoms. The lowest BCUT2D eigenvalue weighted by atomic mass is 10.1. The molecule has 11 heavy (non-hydrogen) atoms. The molecule has 2 rings (SSSR count). The Hall–Kier alpha value is -1.35. The molecular weight excluding hydrogens is 140 g/mol. The van der Waals surface area contributed by atoms with Crippen molar-refractivity contribution in [1.82, 2.24) is 10.9 Å². The standard InChI is InChI=1S/C8H8N2O/c11-8-7-4-2-1-3-6(7)5-9-10-8/h1-4,9H,5H2,(H,10,11). The lowest BCUT2D eigenvalue weighted by Crippen LogP contribution is -2.41. The van der Waals surface area contributed by atoms with E-state index in [4.69, 9.17) is 0 Å². The van der Waals surface area contributed by atoms with Gasteiger partial charge >= 0.3 is 0 Å². The third-order valence-electron chi connectivity index (χ3n) is 1.74. The van der Waals surface area contributed by atoms with Gasteiger partial charge in [0, 0.05) is 12.1 Å². The monoisotopic (exact) mass is 148 g/mol. The highest BCUT2D eigenvalue weighted by Crippen LogP contribution is 2.10. The number of hydrogen-bond donors (Lipinski definition) is 2. The summed E-state index contributed by atoms with van der Waals surface area (Å²) in [5, 5.41) is 0. The van der Waals surface area contributed by atoms with Crippen molar-refractivity contribution in [3.8, 4) is 0 Å². The average Bonchev–Trinajstić information content (AvgIpc) is 2.06. The molecule has 0 atom stereocenters. The molecule has 0 saturated carbocycles. The lowest BCUT2D eigenvalue weighted by molar-refractivity contribution is 0.0920. The third kappa shape index (κ3) is 0.991. The normalized spacial score (nSPS) is 15.5. The van der Waals surface area contributed by atoms with Gasteiger partial charge in [-0.3, -0.25) is 10.2 Å². The summed E-state index contributed by atoms with van der Waals surface area (Å²) in [4.78, 5) is 11.1. The molecule has 0 unspecified atom stereocenters. The molecule has 1 aliphatic heterocycles. The highest BCUT2D eigenvalue weighted by molar-refractivity contribution is 5.96.